The molecule has 2 aromatic rings. The number of nitrogens with one attached hydrogen (secondary N) is 1. The largest absolute Gasteiger partial charge is 0.394 e. The van der Waals surface area contributed by atoms with Crippen LogP contribution >= 0.6 is 11.6 Å². The van der Waals surface area contributed by atoms with Gasteiger partial charge in [0.15, 0.2) is 0 Å². The number of hydrogen-bond acceptors (Lipinski definition) is 4. The molecule has 134 valence electrons. The lowest BCUT2D eigenvalue weighted by molar-refractivity contribution is 0.0922. The molecule has 0 saturated carbocycles. The molecule has 1 unspecified atom stereocenters. The summed E-state index contributed by atoms with van der Waals surface area (Å²) in [5, 5.41) is 11.7. The van der Waals surface area contributed by atoms with Gasteiger partial charge >= 0.3 is 0 Å². The van der Waals surface area contributed by atoms with Gasteiger partial charge in [-0.25, -0.2) is 8.42 Å². The summed E-state index contributed by atoms with van der Waals surface area (Å²) in [5.41, 5.74) is 0.529. The molecule has 0 saturated heterocycles. The normalized spacial score (nSPS) is 12.5. The van der Waals surface area contributed by atoms with Crippen LogP contribution in [-0.2, 0) is 10.0 Å². The summed E-state index contributed by atoms with van der Waals surface area (Å²) in [6.07, 6.45) is 0. The van der Waals surface area contributed by atoms with Gasteiger partial charge in [-0.1, -0.05) is 29.8 Å². The van der Waals surface area contributed by atoms with E-state index in [0.29, 0.717) is 5.69 Å². The highest BCUT2D eigenvalue weighted by Gasteiger charge is 2.24. The van der Waals surface area contributed by atoms with Gasteiger partial charge in [0, 0.05) is 13.1 Å². The first-order valence-electron chi connectivity index (χ1n) is 7.52. The number of sulfonamides is 1. The lowest BCUT2D eigenvalue weighted by Gasteiger charge is -2.20. The molecule has 1 atom stereocenters. The van der Waals surface area contributed by atoms with Gasteiger partial charge < -0.3 is 10.4 Å². The van der Waals surface area contributed by atoms with Crippen LogP contribution in [0.25, 0.3) is 0 Å². The van der Waals surface area contributed by atoms with E-state index in [1.54, 1.807) is 37.3 Å². The van der Waals surface area contributed by atoms with E-state index in [-0.39, 0.29) is 22.1 Å². The molecule has 2 N–H and O–H groups in total. The molecule has 0 heterocycles. The Kier molecular flexibility index (Phi) is 6.05. The highest BCUT2D eigenvalue weighted by atomic mass is 35.5. The Morgan fingerprint density at radius 3 is 2.48 bits per heavy atom. The summed E-state index contributed by atoms with van der Waals surface area (Å²) < 4.78 is 26.7. The molecule has 0 aliphatic rings. The third kappa shape index (κ3) is 4.31. The molecule has 0 fully saturated rings. The van der Waals surface area contributed by atoms with Gasteiger partial charge in [0.2, 0.25) is 0 Å². The van der Waals surface area contributed by atoms with Crippen LogP contribution in [0.15, 0.2) is 53.4 Å². The lowest BCUT2D eigenvalue weighted by Crippen LogP contribution is -2.35. The van der Waals surface area contributed by atoms with Crippen LogP contribution in [0.4, 0.5) is 5.69 Å². The first-order chi connectivity index (χ1) is 11.8. The predicted molar refractivity (Wildman–Crippen MR) is 97.5 cm³/mol. The Morgan fingerprint density at radius 2 is 1.88 bits per heavy atom. The zero-order valence-electron chi connectivity index (χ0n) is 13.8. The summed E-state index contributed by atoms with van der Waals surface area (Å²) in [7, 11) is -2.42. The number of halogens is 1. The van der Waals surface area contributed by atoms with E-state index in [9.17, 15) is 13.2 Å². The minimum atomic E-state index is -3.85. The molecule has 0 spiro atoms. The van der Waals surface area contributed by atoms with Crippen molar-refractivity contribution < 1.29 is 18.3 Å². The van der Waals surface area contributed by atoms with E-state index < -0.39 is 22.0 Å². The maximum Gasteiger partial charge on any atom is 0.264 e. The van der Waals surface area contributed by atoms with Crippen LogP contribution in [0.2, 0.25) is 5.02 Å². The summed E-state index contributed by atoms with van der Waals surface area (Å²) >= 11 is 6.03. The SMILES string of the molecule is CC(CO)NC(=O)c1cc(S(=O)(=O)N(C)c2ccccc2)ccc1Cl. The van der Waals surface area contributed by atoms with Crippen molar-refractivity contribution in [3.8, 4) is 0 Å². The zero-order valence-corrected chi connectivity index (χ0v) is 15.4. The fourth-order valence-corrected chi connectivity index (χ4v) is 3.55. The van der Waals surface area contributed by atoms with Crippen LogP contribution in [0.3, 0.4) is 0 Å². The number of aliphatic hydroxyl groups excluding tert-OH is 1. The summed E-state index contributed by atoms with van der Waals surface area (Å²) in [5.74, 6) is -0.550. The molecular weight excluding hydrogens is 364 g/mol. The Morgan fingerprint density at radius 1 is 1.24 bits per heavy atom. The first kappa shape index (κ1) is 19.2. The number of aliphatic hydroxyl groups is 1. The molecule has 6 nitrogen and oxygen atoms in total. The number of nitrogens with zero attached hydrogens (tertiary/aromatic N) is 1. The monoisotopic (exact) mass is 382 g/mol. The van der Waals surface area contributed by atoms with Gasteiger partial charge in [0.25, 0.3) is 15.9 Å². The number of rotatable bonds is 6. The van der Waals surface area contributed by atoms with Crippen LogP contribution in [0, 0.1) is 0 Å². The highest BCUT2D eigenvalue weighted by Crippen LogP contribution is 2.25. The average molecular weight is 383 g/mol. The lowest BCUT2D eigenvalue weighted by atomic mass is 10.2. The van der Waals surface area contributed by atoms with Gasteiger partial charge in [0.05, 0.1) is 27.8 Å². The van der Waals surface area contributed by atoms with Crippen molar-refractivity contribution in [2.75, 3.05) is 18.0 Å². The second-order valence-electron chi connectivity index (χ2n) is 5.51. The van der Waals surface area contributed by atoms with Crippen LogP contribution in [-0.4, -0.2) is 39.1 Å². The van der Waals surface area contributed by atoms with Crippen molar-refractivity contribution in [2.24, 2.45) is 0 Å². The second-order valence-corrected chi connectivity index (χ2v) is 7.88. The van der Waals surface area contributed by atoms with E-state index in [1.807, 2.05) is 0 Å². The number of carbonyl (C=O) groups is 1. The molecule has 0 aromatic heterocycles. The fraction of sp³-hybridized carbons (Fsp3) is 0.235. The van der Waals surface area contributed by atoms with Crippen molar-refractivity contribution in [1.82, 2.24) is 5.32 Å². The second kappa shape index (κ2) is 7.86. The van der Waals surface area contributed by atoms with Gasteiger partial charge in [-0.05, 0) is 37.3 Å². The quantitative estimate of drug-likeness (QED) is 0.802. The van der Waals surface area contributed by atoms with E-state index in [0.717, 1.165) is 4.31 Å². The van der Waals surface area contributed by atoms with E-state index >= 15 is 0 Å². The van der Waals surface area contributed by atoms with Gasteiger partial charge in [-0.15, -0.1) is 0 Å². The number of hydrogen-bond donors (Lipinski definition) is 2. The van der Waals surface area contributed by atoms with E-state index in [2.05, 4.69) is 5.32 Å². The van der Waals surface area contributed by atoms with Gasteiger partial charge in [0.1, 0.15) is 0 Å². The van der Waals surface area contributed by atoms with Crippen LogP contribution < -0.4 is 9.62 Å². The molecule has 0 bridgehead atoms. The van der Waals surface area contributed by atoms with Crippen molar-refractivity contribution >= 4 is 33.2 Å². The van der Waals surface area contributed by atoms with Crippen LogP contribution in [0.1, 0.15) is 17.3 Å². The van der Waals surface area contributed by atoms with E-state index in [1.165, 1.54) is 25.2 Å². The molecular formula is C17H19ClN2O4S. The third-order valence-corrected chi connectivity index (χ3v) is 5.72. The summed E-state index contributed by atoms with van der Waals surface area (Å²) in [6, 6.07) is 12.1. The molecule has 2 aromatic carbocycles. The smallest absolute Gasteiger partial charge is 0.264 e. The molecule has 25 heavy (non-hydrogen) atoms. The zero-order chi connectivity index (χ0) is 18.6. The predicted octanol–water partition coefficient (Wildman–Crippen LogP) is 2.28. The molecule has 8 heteroatoms. The molecule has 2 rings (SSSR count). The van der Waals surface area contributed by atoms with Crippen molar-refractivity contribution in [1.29, 1.82) is 0 Å². The minimum absolute atomic E-state index is 0.0319. The third-order valence-electron chi connectivity index (χ3n) is 3.61. The number of para-hydroxylation sites is 1. The number of carbonyl (C=O) groups excluding carboxylic acids is 1. The topological polar surface area (TPSA) is 86.7 Å². The average Bonchev–Trinajstić information content (AvgIpc) is 2.61. The van der Waals surface area contributed by atoms with Crippen LogP contribution in [0.5, 0.6) is 0 Å². The van der Waals surface area contributed by atoms with Crippen molar-refractivity contribution in [3.05, 3.63) is 59.1 Å². The maximum atomic E-state index is 12.8. The molecule has 0 aliphatic carbocycles. The van der Waals surface area contributed by atoms with Crippen molar-refractivity contribution in [2.45, 2.75) is 17.9 Å². The Hall–Kier alpha value is -2.09. The maximum absolute atomic E-state index is 12.8. The molecule has 0 radical (unpaired) electrons. The van der Waals surface area contributed by atoms with E-state index in [4.69, 9.17) is 16.7 Å². The van der Waals surface area contributed by atoms with Gasteiger partial charge in [-0.3, -0.25) is 9.10 Å². The standard InChI is InChI=1S/C17H19ClN2O4S/c1-12(11-21)19-17(22)15-10-14(8-9-16(15)18)25(23,24)20(2)13-6-4-3-5-7-13/h3-10,12,21H,11H2,1-2H3,(H,19,22). The molecule has 1 amide bonds. The molecule has 0 aliphatic heterocycles. The number of anilines is 1. The Bertz CT molecular complexity index is 856. The Balaban J connectivity index is 2.39. The first-order valence-corrected chi connectivity index (χ1v) is 9.34. The Labute approximate surface area is 152 Å². The number of benzene rings is 2. The van der Waals surface area contributed by atoms with Crippen molar-refractivity contribution in [3.63, 3.8) is 0 Å². The number of amides is 1. The summed E-state index contributed by atoms with van der Waals surface area (Å²) in [6.45, 7) is 1.38. The summed E-state index contributed by atoms with van der Waals surface area (Å²) in [4.78, 5) is 12.2. The fourth-order valence-electron chi connectivity index (χ4n) is 2.12. The van der Waals surface area contributed by atoms with Gasteiger partial charge in [-0.2, -0.15) is 0 Å². The highest BCUT2D eigenvalue weighted by molar-refractivity contribution is 7.92. The minimum Gasteiger partial charge on any atom is -0.394 e.